The van der Waals surface area contributed by atoms with Crippen molar-refractivity contribution in [1.29, 1.82) is 5.26 Å². The Balaban J connectivity index is 1.86. The van der Waals surface area contributed by atoms with Crippen LogP contribution in [0.15, 0.2) is 48.9 Å². The van der Waals surface area contributed by atoms with E-state index in [1.807, 2.05) is 34.9 Å². The molecule has 0 radical (unpaired) electrons. The number of benzene rings is 1. The summed E-state index contributed by atoms with van der Waals surface area (Å²) in [5.74, 6) is 0.346. The molecule has 23 heavy (non-hydrogen) atoms. The van der Waals surface area contributed by atoms with Gasteiger partial charge in [-0.1, -0.05) is 12.1 Å². The molecule has 0 spiro atoms. The van der Waals surface area contributed by atoms with E-state index in [0.717, 1.165) is 11.0 Å². The summed E-state index contributed by atoms with van der Waals surface area (Å²) in [5, 5.41) is 11.7. The largest absolute Gasteiger partial charge is 0.323 e. The average molecular weight is 305 g/mol. The Hall–Kier alpha value is -3.20. The van der Waals surface area contributed by atoms with Crippen LogP contribution in [0.2, 0.25) is 0 Å². The smallest absolute Gasteiger partial charge is 0.244 e. The number of pyridine rings is 1. The van der Waals surface area contributed by atoms with Crippen LogP contribution >= 0.6 is 0 Å². The van der Waals surface area contributed by atoms with Crippen LogP contribution in [0, 0.1) is 16.7 Å². The molecule has 0 saturated heterocycles. The summed E-state index contributed by atoms with van der Waals surface area (Å²) >= 11 is 0. The second-order valence-corrected chi connectivity index (χ2v) is 5.70. The lowest BCUT2D eigenvalue weighted by Gasteiger charge is -2.15. The van der Waals surface area contributed by atoms with Gasteiger partial charge in [0.2, 0.25) is 5.91 Å². The third-order valence-corrected chi connectivity index (χ3v) is 3.55. The molecule has 1 amide bonds. The zero-order chi connectivity index (χ0) is 16.4. The number of aromatic nitrogens is 3. The lowest BCUT2D eigenvalue weighted by Crippen LogP contribution is -2.29. The highest BCUT2D eigenvalue weighted by molar-refractivity contribution is 5.96. The van der Waals surface area contributed by atoms with E-state index in [4.69, 9.17) is 5.26 Å². The molecular formula is C17H15N5O. The SMILES string of the molecule is CC(C)(C#N)C(=O)Nc1ccc(-n2cnc3ccccc32)nc1. The molecule has 2 aromatic heterocycles. The van der Waals surface area contributed by atoms with Gasteiger partial charge < -0.3 is 5.32 Å². The van der Waals surface area contributed by atoms with Crippen LogP contribution < -0.4 is 5.32 Å². The molecule has 3 aromatic rings. The molecule has 1 N–H and O–H groups in total. The number of nitrogens with one attached hydrogen (secondary N) is 1. The quantitative estimate of drug-likeness (QED) is 0.806. The summed E-state index contributed by atoms with van der Waals surface area (Å²) in [4.78, 5) is 20.7. The number of fused-ring (bicyclic) bond motifs is 1. The van der Waals surface area contributed by atoms with Crippen LogP contribution in [0.5, 0.6) is 0 Å². The molecule has 0 aliphatic rings. The van der Waals surface area contributed by atoms with Crippen molar-refractivity contribution in [2.75, 3.05) is 5.32 Å². The Kier molecular flexibility index (Phi) is 3.54. The molecule has 0 bridgehead atoms. The number of rotatable bonds is 3. The van der Waals surface area contributed by atoms with Gasteiger partial charge in [-0.05, 0) is 38.1 Å². The van der Waals surface area contributed by atoms with Crippen LogP contribution in [-0.2, 0) is 4.79 Å². The van der Waals surface area contributed by atoms with Gasteiger partial charge in [-0.3, -0.25) is 9.36 Å². The highest BCUT2D eigenvalue weighted by Crippen LogP contribution is 2.19. The minimum absolute atomic E-state index is 0.359. The monoisotopic (exact) mass is 305 g/mol. The fourth-order valence-electron chi connectivity index (χ4n) is 2.08. The number of imidazole rings is 1. The van der Waals surface area contributed by atoms with Crippen molar-refractivity contribution < 1.29 is 4.79 Å². The molecule has 0 unspecified atom stereocenters. The van der Waals surface area contributed by atoms with Crippen molar-refractivity contribution in [3.63, 3.8) is 0 Å². The number of hydrogen-bond donors (Lipinski definition) is 1. The van der Waals surface area contributed by atoms with Crippen LogP contribution in [0.3, 0.4) is 0 Å². The van der Waals surface area contributed by atoms with Crippen molar-refractivity contribution in [1.82, 2.24) is 14.5 Å². The minimum Gasteiger partial charge on any atom is -0.323 e. The lowest BCUT2D eigenvalue weighted by atomic mass is 9.95. The number of carbonyl (C=O) groups is 1. The van der Waals surface area contributed by atoms with Crippen molar-refractivity contribution in [2.24, 2.45) is 5.41 Å². The second kappa shape index (κ2) is 5.54. The summed E-state index contributed by atoms with van der Waals surface area (Å²) in [5.41, 5.74) is 1.32. The molecule has 6 nitrogen and oxygen atoms in total. The van der Waals surface area contributed by atoms with E-state index in [-0.39, 0.29) is 5.91 Å². The summed E-state index contributed by atoms with van der Waals surface area (Å²) in [6, 6.07) is 13.3. The lowest BCUT2D eigenvalue weighted by molar-refractivity contribution is -0.121. The minimum atomic E-state index is -1.08. The standard InChI is InChI=1S/C17H15N5O/c1-17(2,10-18)16(23)21-12-7-8-15(19-9-12)22-11-20-13-5-3-4-6-14(13)22/h3-9,11H,1-2H3,(H,21,23). The molecule has 0 atom stereocenters. The van der Waals surface area contributed by atoms with E-state index in [0.29, 0.717) is 11.5 Å². The number of anilines is 1. The van der Waals surface area contributed by atoms with E-state index in [9.17, 15) is 4.79 Å². The van der Waals surface area contributed by atoms with Crippen molar-refractivity contribution >= 4 is 22.6 Å². The fraction of sp³-hybridized carbons (Fsp3) is 0.176. The van der Waals surface area contributed by atoms with Crippen molar-refractivity contribution in [3.05, 3.63) is 48.9 Å². The predicted molar refractivity (Wildman–Crippen MR) is 86.9 cm³/mol. The Morgan fingerprint density at radius 1 is 1.22 bits per heavy atom. The van der Waals surface area contributed by atoms with Gasteiger partial charge in [-0.15, -0.1) is 0 Å². The third kappa shape index (κ3) is 2.77. The maximum Gasteiger partial charge on any atom is 0.244 e. The van der Waals surface area contributed by atoms with E-state index in [1.54, 1.807) is 38.5 Å². The molecule has 1 aromatic carbocycles. The van der Waals surface area contributed by atoms with Crippen LogP contribution in [-0.4, -0.2) is 20.4 Å². The van der Waals surface area contributed by atoms with Gasteiger partial charge in [0.1, 0.15) is 17.6 Å². The predicted octanol–water partition coefficient (Wildman–Crippen LogP) is 2.91. The normalized spacial score (nSPS) is 11.2. The zero-order valence-electron chi connectivity index (χ0n) is 12.8. The van der Waals surface area contributed by atoms with Crippen LogP contribution in [0.4, 0.5) is 5.69 Å². The van der Waals surface area contributed by atoms with Crippen LogP contribution in [0.1, 0.15) is 13.8 Å². The maximum absolute atomic E-state index is 12.0. The van der Waals surface area contributed by atoms with Gasteiger partial charge in [0, 0.05) is 0 Å². The number of hydrogen-bond acceptors (Lipinski definition) is 4. The van der Waals surface area contributed by atoms with Gasteiger partial charge in [-0.25, -0.2) is 9.97 Å². The molecule has 0 aliphatic heterocycles. The molecule has 0 saturated carbocycles. The molecule has 0 fully saturated rings. The van der Waals surface area contributed by atoms with E-state index in [2.05, 4.69) is 15.3 Å². The van der Waals surface area contributed by atoms with Gasteiger partial charge in [0.05, 0.1) is 29.0 Å². The molecule has 114 valence electrons. The number of carbonyl (C=O) groups excluding carboxylic acids is 1. The second-order valence-electron chi connectivity index (χ2n) is 5.70. The van der Waals surface area contributed by atoms with Gasteiger partial charge >= 0.3 is 0 Å². The van der Waals surface area contributed by atoms with E-state index >= 15 is 0 Å². The average Bonchev–Trinajstić information content (AvgIpc) is 2.99. The van der Waals surface area contributed by atoms with Crippen LogP contribution in [0.25, 0.3) is 16.9 Å². The molecule has 2 heterocycles. The number of nitrogens with zero attached hydrogens (tertiary/aromatic N) is 4. The van der Waals surface area contributed by atoms with E-state index < -0.39 is 5.41 Å². The number of amides is 1. The molecule has 3 rings (SSSR count). The topological polar surface area (TPSA) is 83.6 Å². The van der Waals surface area contributed by atoms with Gasteiger partial charge in [0.15, 0.2) is 0 Å². The molecule has 0 aliphatic carbocycles. The summed E-state index contributed by atoms with van der Waals surface area (Å²) in [6.07, 6.45) is 3.28. The maximum atomic E-state index is 12.0. The Labute approximate surface area is 133 Å². The van der Waals surface area contributed by atoms with Gasteiger partial charge in [-0.2, -0.15) is 5.26 Å². The highest BCUT2D eigenvalue weighted by atomic mass is 16.2. The first-order chi connectivity index (χ1) is 11.0. The fourth-order valence-corrected chi connectivity index (χ4v) is 2.08. The molecule has 6 heteroatoms. The first-order valence-electron chi connectivity index (χ1n) is 7.12. The van der Waals surface area contributed by atoms with Crippen molar-refractivity contribution in [2.45, 2.75) is 13.8 Å². The van der Waals surface area contributed by atoms with Crippen molar-refractivity contribution in [3.8, 4) is 11.9 Å². The third-order valence-electron chi connectivity index (χ3n) is 3.55. The summed E-state index contributed by atoms with van der Waals surface area (Å²) in [6.45, 7) is 3.14. The number of para-hydroxylation sites is 2. The Morgan fingerprint density at radius 3 is 2.70 bits per heavy atom. The Morgan fingerprint density at radius 2 is 2.00 bits per heavy atom. The first kappa shape index (κ1) is 14.7. The van der Waals surface area contributed by atoms with E-state index in [1.165, 1.54) is 0 Å². The number of nitriles is 1. The highest BCUT2D eigenvalue weighted by Gasteiger charge is 2.27. The summed E-state index contributed by atoms with van der Waals surface area (Å²) < 4.78 is 1.88. The first-order valence-corrected chi connectivity index (χ1v) is 7.12. The zero-order valence-corrected chi connectivity index (χ0v) is 12.8. The summed E-state index contributed by atoms with van der Waals surface area (Å²) in [7, 11) is 0. The van der Waals surface area contributed by atoms with Gasteiger partial charge in [0.25, 0.3) is 0 Å². The Bertz CT molecular complexity index is 903. The molecular weight excluding hydrogens is 290 g/mol.